The molecule has 1 aliphatic heterocycles. The van der Waals surface area contributed by atoms with E-state index in [-0.39, 0.29) is 24.4 Å². The number of anilines is 2. The molecule has 5 nitrogen and oxygen atoms in total. The highest BCUT2D eigenvalue weighted by Gasteiger charge is 2.23. The largest absolute Gasteiger partial charge is 0.373 e. The first-order chi connectivity index (χ1) is 7.79. The summed E-state index contributed by atoms with van der Waals surface area (Å²) in [6.07, 6.45) is 3.07. The summed E-state index contributed by atoms with van der Waals surface area (Å²) in [7, 11) is 1.80. The Morgan fingerprint density at radius 2 is 2.35 bits per heavy atom. The standard InChI is InChI=1S/C11H15N3O2.ClH/c1-12-10-5-4-8(7-13-10)14-11(15)9-3-2-6-16-9;/h4-5,7,9H,2-3,6H2,1H3,(H,12,13)(H,14,15);1H. The van der Waals surface area contributed by atoms with Gasteiger partial charge in [-0.15, -0.1) is 12.4 Å². The van der Waals surface area contributed by atoms with Gasteiger partial charge < -0.3 is 15.4 Å². The number of nitrogens with one attached hydrogen (secondary N) is 2. The topological polar surface area (TPSA) is 63.2 Å². The van der Waals surface area contributed by atoms with Gasteiger partial charge in [0.25, 0.3) is 5.91 Å². The Labute approximate surface area is 106 Å². The van der Waals surface area contributed by atoms with Crippen molar-refractivity contribution in [1.82, 2.24) is 4.98 Å². The van der Waals surface area contributed by atoms with Crippen molar-refractivity contribution < 1.29 is 9.53 Å². The lowest BCUT2D eigenvalue weighted by Gasteiger charge is -2.10. The number of amides is 1. The van der Waals surface area contributed by atoms with Crippen LogP contribution >= 0.6 is 12.4 Å². The second-order valence-electron chi connectivity index (χ2n) is 3.67. The predicted molar refractivity (Wildman–Crippen MR) is 68.6 cm³/mol. The van der Waals surface area contributed by atoms with Crippen LogP contribution in [0.15, 0.2) is 18.3 Å². The summed E-state index contributed by atoms with van der Waals surface area (Å²) < 4.78 is 5.29. The highest BCUT2D eigenvalue weighted by Crippen LogP contribution is 2.15. The van der Waals surface area contributed by atoms with Crippen molar-refractivity contribution >= 4 is 29.8 Å². The Kier molecular flexibility index (Phi) is 5.18. The summed E-state index contributed by atoms with van der Waals surface area (Å²) in [6.45, 7) is 0.676. The third-order valence-electron chi connectivity index (χ3n) is 2.51. The van der Waals surface area contributed by atoms with E-state index in [2.05, 4.69) is 15.6 Å². The first-order valence-corrected chi connectivity index (χ1v) is 5.36. The van der Waals surface area contributed by atoms with Crippen molar-refractivity contribution in [2.45, 2.75) is 18.9 Å². The Balaban J connectivity index is 0.00000144. The summed E-state index contributed by atoms with van der Waals surface area (Å²) >= 11 is 0. The quantitative estimate of drug-likeness (QED) is 0.865. The number of hydrogen-bond donors (Lipinski definition) is 2. The Morgan fingerprint density at radius 3 is 2.88 bits per heavy atom. The number of halogens is 1. The fraction of sp³-hybridized carbons (Fsp3) is 0.455. The molecule has 2 rings (SSSR count). The molecule has 0 aliphatic carbocycles. The van der Waals surface area contributed by atoms with Crippen molar-refractivity contribution in [2.75, 3.05) is 24.3 Å². The molecular weight excluding hydrogens is 242 g/mol. The van der Waals surface area contributed by atoms with Crippen molar-refractivity contribution in [2.24, 2.45) is 0 Å². The number of carbonyl (C=O) groups excluding carboxylic acids is 1. The van der Waals surface area contributed by atoms with Crippen LogP contribution in [0.2, 0.25) is 0 Å². The van der Waals surface area contributed by atoms with Crippen LogP contribution in [0.25, 0.3) is 0 Å². The van der Waals surface area contributed by atoms with Gasteiger partial charge in [-0.05, 0) is 25.0 Å². The molecule has 0 radical (unpaired) electrons. The fourth-order valence-corrected chi connectivity index (χ4v) is 1.62. The lowest BCUT2D eigenvalue weighted by molar-refractivity contribution is -0.124. The first kappa shape index (κ1) is 13.7. The number of nitrogens with zero attached hydrogens (tertiary/aromatic N) is 1. The van der Waals surface area contributed by atoms with Gasteiger partial charge in [-0.1, -0.05) is 0 Å². The number of aromatic nitrogens is 1. The van der Waals surface area contributed by atoms with E-state index in [1.54, 1.807) is 13.2 Å². The Morgan fingerprint density at radius 1 is 1.53 bits per heavy atom. The van der Waals surface area contributed by atoms with Gasteiger partial charge in [-0.25, -0.2) is 4.98 Å². The molecule has 0 bridgehead atoms. The normalized spacial score (nSPS) is 18.3. The molecule has 1 aromatic rings. The molecule has 1 aliphatic rings. The number of hydrogen-bond acceptors (Lipinski definition) is 4. The molecule has 0 aromatic carbocycles. The number of carbonyl (C=O) groups is 1. The highest BCUT2D eigenvalue weighted by molar-refractivity contribution is 5.94. The summed E-state index contributed by atoms with van der Waals surface area (Å²) in [5, 5.41) is 5.70. The van der Waals surface area contributed by atoms with Crippen LogP contribution in [0.3, 0.4) is 0 Å². The van der Waals surface area contributed by atoms with Gasteiger partial charge in [0, 0.05) is 13.7 Å². The maximum absolute atomic E-state index is 11.7. The van der Waals surface area contributed by atoms with Crippen molar-refractivity contribution in [3.8, 4) is 0 Å². The lowest BCUT2D eigenvalue weighted by atomic mass is 10.2. The molecule has 1 saturated heterocycles. The maximum atomic E-state index is 11.7. The first-order valence-electron chi connectivity index (χ1n) is 5.36. The zero-order valence-corrected chi connectivity index (χ0v) is 10.4. The molecule has 6 heteroatoms. The van der Waals surface area contributed by atoms with Gasteiger partial charge in [0.15, 0.2) is 0 Å². The molecule has 2 heterocycles. The van der Waals surface area contributed by atoms with E-state index < -0.39 is 0 Å². The van der Waals surface area contributed by atoms with Gasteiger partial charge in [-0.3, -0.25) is 4.79 Å². The molecule has 17 heavy (non-hydrogen) atoms. The van der Waals surface area contributed by atoms with Crippen LogP contribution in [0.5, 0.6) is 0 Å². The predicted octanol–water partition coefficient (Wildman–Crippen LogP) is 1.66. The van der Waals surface area contributed by atoms with Gasteiger partial charge >= 0.3 is 0 Å². The number of ether oxygens (including phenoxy) is 1. The number of pyridine rings is 1. The molecule has 1 amide bonds. The fourth-order valence-electron chi connectivity index (χ4n) is 1.62. The molecule has 1 unspecified atom stereocenters. The van der Waals surface area contributed by atoms with Crippen LogP contribution in [0, 0.1) is 0 Å². The van der Waals surface area contributed by atoms with Gasteiger partial charge in [-0.2, -0.15) is 0 Å². The summed E-state index contributed by atoms with van der Waals surface area (Å²) in [5.74, 6) is 0.687. The molecule has 2 N–H and O–H groups in total. The zero-order chi connectivity index (χ0) is 11.4. The van der Waals surface area contributed by atoms with E-state index >= 15 is 0 Å². The van der Waals surface area contributed by atoms with E-state index in [4.69, 9.17) is 4.74 Å². The molecule has 1 aromatic heterocycles. The highest BCUT2D eigenvalue weighted by atomic mass is 35.5. The second kappa shape index (κ2) is 6.42. The Bertz CT molecular complexity index is 363. The van der Waals surface area contributed by atoms with Crippen molar-refractivity contribution in [1.29, 1.82) is 0 Å². The molecular formula is C11H16ClN3O2. The Hall–Kier alpha value is -1.33. The lowest BCUT2D eigenvalue weighted by Crippen LogP contribution is -2.26. The maximum Gasteiger partial charge on any atom is 0.253 e. The van der Waals surface area contributed by atoms with Crippen LogP contribution in [-0.2, 0) is 9.53 Å². The third-order valence-corrected chi connectivity index (χ3v) is 2.51. The minimum Gasteiger partial charge on any atom is -0.373 e. The molecule has 0 spiro atoms. The summed E-state index contributed by atoms with van der Waals surface area (Å²) in [6, 6.07) is 3.62. The minimum atomic E-state index is -0.302. The van der Waals surface area contributed by atoms with E-state index in [1.807, 2.05) is 12.1 Å². The monoisotopic (exact) mass is 257 g/mol. The average Bonchev–Trinajstić information content (AvgIpc) is 2.83. The van der Waals surface area contributed by atoms with Crippen molar-refractivity contribution in [3.05, 3.63) is 18.3 Å². The molecule has 0 saturated carbocycles. The van der Waals surface area contributed by atoms with Crippen LogP contribution in [0.4, 0.5) is 11.5 Å². The minimum absolute atomic E-state index is 0. The third kappa shape index (κ3) is 3.57. The van der Waals surface area contributed by atoms with Crippen LogP contribution in [0.1, 0.15) is 12.8 Å². The van der Waals surface area contributed by atoms with Gasteiger partial charge in [0.05, 0.1) is 11.9 Å². The van der Waals surface area contributed by atoms with E-state index in [0.717, 1.165) is 18.7 Å². The molecule has 94 valence electrons. The van der Waals surface area contributed by atoms with Crippen LogP contribution < -0.4 is 10.6 Å². The number of rotatable bonds is 3. The summed E-state index contributed by atoms with van der Waals surface area (Å²) in [4.78, 5) is 15.8. The average molecular weight is 258 g/mol. The van der Waals surface area contributed by atoms with Crippen molar-refractivity contribution in [3.63, 3.8) is 0 Å². The zero-order valence-electron chi connectivity index (χ0n) is 9.60. The van der Waals surface area contributed by atoms with Crippen LogP contribution in [-0.4, -0.2) is 30.6 Å². The molecule has 1 atom stereocenters. The van der Waals surface area contributed by atoms with E-state index in [0.29, 0.717) is 12.3 Å². The SMILES string of the molecule is CNc1ccc(NC(=O)C2CCCO2)cn1.Cl. The summed E-state index contributed by atoms with van der Waals surface area (Å²) in [5.41, 5.74) is 0.694. The van der Waals surface area contributed by atoms with Gasteiger partial charge in [0.2, 0.25) is 0 Å². The second-order valence-corrected chi connectivity index (χ2v) is 3.67. The van der Waals surface area contributed by atoms with E-state index in [9.17, 15) is 4.79 Å². The van der Waals surface area contributed by atoms with E-state index in [1.165, 1.54) is 0 Å². The van der Waals surface area contributed by atoms with Gasteiger partial charge in [0.1, 0.15) is 11.9 Å². The smallest absolute Gasteiger partial charge is 0.253 e. The molecule has 1 fully saturated rings.